The van der Waals surface area contributed by atoms with E-state index in [1.54, 1.807) is 6.92 Å². The van der Waals surface area contributed by atoms with E-state index in [-0.39, 0.29) is 19.2 Å². The Morgan fingerprint density at radius 3 is 2.38 bits per heavy atom. The number of esters is 1. The SMILES string of the molecule is CC.CC1(C(=O)OCCI)COC(=O)OC1. The number of carbonyl (C=O) groups is 2. The fraction of sp³-hybridized carbons (Fsp3) is 0.800. The number of rotatable bonds is 3. The van der Waals surface area contributed by atoms with Crippen LogP contribution in [0.15, 0.2) is 0 Å². The molecule has 0 spiro atoms. The highest BCUT2D eigenvalue weighted by Gasteiger charge is 2.41. The van der Waals surface area contributed by atoms with Crippen LogP contribution in [0, 0.1) is 5.41 Å². The molecule has 94 valence electrons. The summed E-state index contributed by atoms with van der Waals surface area (Å²) < 4.78 is 14.9. The van der Waals surface area contributed by atoms with Gasteiger partial charge in [-0.1, -0.05) is 36.4 Å². The number of alkyl halides is 1. The summed E-state index contributed by atoms with van der Waals surface area (Å²) in [4.78, 5) is 22.1. The van der Waals surface area contributed by atoms with Gasteiger partial charge in [-0.2, -0.15) is 0 Å². The molecule has 0 bridgehead atoms. The van der Waals surface area contributed by atoms with Gasteiger partial charge in [-0.05, 0) is 6.92 Å². The monoisotopic (exact) mass is 344 g/mol. The summed E-state index contributed by atoms with van der Waals surface area (Å²) in [6.07, 6.45) is -0.732. The van der Waals surface area contributed by atoms with E-state index in [4.69, 9.17) is 4.74 Å². The Balaban J connectivity index is 0.00000106. The third kappa shape index (κ3) is 4.54. The van der Waals surface area contributed by atoms with Crippen molar-refractivity contribution in [2.45, 2.75) is 20.8 Å². The van der Waals surface area contributed by atoms with Crippen molar-refractivity contribution in [2.75, 3.05) is 24.2 Å². The highest BCUT2D eigenvalue weighted by atomic mass is 127. The highest BCUT2D eigenvalue weighted by molar-refractivity contribution is 14.1. The summed E-state index contributed by atoms with van der Waals surface area (Å²) in [6, 6.07) is 0. The van der Waals surface area contributed by atoms with Crippen molar-refractivity contribution in [1.29, 1.82) is 0 Å². The summed E-state index contributed by atoms with van der Waals surface area (Å²) in [5.41, 5.74) is -0.861. The molecule has 5 nitrogen and oxygen atoms in total. The van der Waals surface area contributed by atoms with Crippen LogP contribution in [0.2, 0.25) is 0 Å². The zero-order chi connectivity index (χ0) is 12.6. The maximum atomic E-state index is 11.5. The standard InChI is InChI=1S/C8H11IO5.C2H6/c1-8(6(10)12-3-2-9)4-13-7(11)14-5-8;1-2/h2-5H2,1H3;1-2H3. The van der Waals surface area contributed by atoms with Crippen LogP contribution in [-0.2, 0) is 19.0 Å². The third-order valence-electron chi connectivity index (χ3n) is 1.82. The van der Waals surface area contributed by atoms with Crippen molar-refractivity contribution in [1.82, 2.24) is 0 Å². The third-order valence-corrected chi connectivity index (χ3v) is 2.26. The van der Waals surface area contributed by atoms with Crippen molar-refractivity contribution >= 4 is 34.7 Å². The summed E-state index contributed by atoms with van der Waals surface area (Å²) >= 11 is 2.11. The van der Waals surface area contributed by atoms with Crippen LogP contribution in [0.1, 0.15) is 20.8 Å². The van der Waals surface area contributed by atoms with Crippen molar-refractivity contribution in [3.63, 3.8) is 0 Å². The van der Waals surface area contributed by atoms with E-state index in [2.05, 4.69) is 32.1 Å². The van der Waals surface area contributed by atoms with Crippen LogP contribution in [0.4, 0.5) is 4.79 Å². The lowest BCUT2D eigenvalue weighted by Gasteiger charge is -2.29. The second kappa shape index (κ2) is 7.70. The lowest BCUT2D eigenvalue weighted by Crippen LogP contribution is -2.44. The smallest absolute Gasteiger partial charge is 0.464 e. The Morgan fingerprint density at radius 2 is 1.94 bits per heavy atom. The van der Waals surface area contributed by atoms with Crippen LogP contribution in [0.5, 0.6) is 0 Å². The molecule has 16 heavy (non-hydrogen) atoms. The molecule has 0 N–H and O–H groups in total. The first-order valence-corrected chi connectivity index (χ1v) is 6.64. The van der Waals surface area contributed by atoms with E-state index in [9.17, 15) is 9.59 Å². The lowest BCUT2D eigenvalue weighted by molar-refractivity contribution is -0.165. The first kappa shape index (κ1) is 15.5. The Labute approximate surface area is 109 Å². The maximum absolute atomic E-state index is 11.5. The molecule has 1 fully saturated rings. The van der Waals surface area contributed by atoms with Gasteiger partial charge in [-0.15, -0.1) is 0 Å². The molecule has 6 heteroatoms. The number of halogens is 1. The van der Waals surface area contributed by atoms with Crippen LogP contribution in [-0.4, -0.2) is 36.4 Å². The van der Waals surface area contributed by atoms with Gasteiger partial charge in [0.15, 0.2) is 0 Å². The molecule has 0 amide bonds. The zero-order valence-electron chi connectivity index (χ0n) is 9.75. The molecule has 1 heterocycles. The van der Waals surface area contributed by atoms with Crippen molar-refractivity contribution < 1.29 is 23.8 Å². The average molecular weight is 344 g/mol. The molecule has 1 aliphatic rings. The van der Waals surface area contributed by atoms with E-state index in [1.165, 1.54) is 0 Å². The van der Waals surface area contributed by atoms with Gasteiger partial charge in [0.2, 0.25) is 0 Å². The fourth-order valence-electron chi connectivity index (χ4n) is 0.943. The first-order chi connectivity index (χ1) is 7.58. The molecule has 0 unspecified atom stereocenters. The molecule has 0 aromatic rings. The molecule has 1 aliphatic heterocycles. The minimum Gasteiger partial charge on any atom is -0.464 e. The fourth-order valence-corrected chi connectivity index (χ4v) is 1.16. The summed E-state index contributed by atoms with van der Waals surface area (Å²) in [6.45, 7) is 6.05. The molecule has 0 aliphatic carbocycles. The van der Waals surface area contributed by atoms with Gasteiger partial charge in [0, 0.05) is 4.43 Å². The van der Waals surface area contributed by atoms with Crippen LogP contribution >= 0.6 is 22.6 Å². The predicted molar refractivity (Wildman–Crippen MR) is 66.6 cm³/mol. The van der Waals surface area contributed by atoms with Crippen molar-refractivity contribution in [2.24, 2.45) is 5.41 Å². The van der Waals surface area contributed by atoms with E-state index in [0.29, 0.717) is 6.61 Å². The Kier molecular flexibility index (Phi) is 7.44. The topological polar surface area (TPSA) is 61.8 Å². The maximum Gasteiger partial charge on any atom is 0.508 e. The molecule has 0 radical (unpaired) electrons. The Morgan fingerprint density at radius 1 is 1.44 bits per heavy atom. The predicted octanol–water partition coefficient (Wildman–Crippen LogP) is 2.16. The van der Waals surface area contributed by atoms with Gasteiger partial charge in [-0.25, -0.2) is 4.79 Å². The molecule has 0 aromatic carbocycles. The van der Waals surface area contributed by atoms with E-state index in [0.717, 1.165) is 4.43 Å². The molecule has 0 saturated carbocycles. The summed E-state index contributed by atoms with van der Waals surface area (Å²) in [7, 11) is 0. The van der Waals surface area contributed by atoms with Gasteiger partial charge < -0.3 is 14.2 Å². The summed E-state index contributed by atoms with van der Waals surface area (Å²) in [5.74, 6) is -0.387. The molecule has 1 rings (SSSR count). The van der Waals surface area contributed by atoms with Crippen molar-refractivity contribution in [3.05, 3.63) is 0 Å². The number of hydrogen-bond donors (Lipinski definition) is 0. The highest BCUT2D eigenvalue weighted by Crippen LogP contribution is 2.23. The quantitative estimate of drug-likeness (QED) is 0.446. The zero-order valence-corrected chi connectivity index (χ0v) is 11.9. The van der Waals surface area contributed by atoms with Gasteiger partial charge in [-0.3, -0.25) is 4.79 Å². The van der Waals surface area contributed by atoms with Gasteiger partial charge in [0.25, 0.3) is 0 Å². The van der Waals surface area contributed by atoms with E-state index < -0.39 is 11.6 Å². The molecular formula is C10H17IO5. The van der Waals surface area contributed by atoms with Crippen molar-refractivity contribution in [3.8, 4) is 0 Å². The van der Waals surface area contributed by atoms with Gasteiger partial charge in [0.1, 0.15) is 25.2 Å². The van der Waals surface area contributed by atoms with Gasteiger partial charge in [0.05, 0.1) is 0 Å². The molecule has 0 atom stereocenters. The first-order valence-electron chi connectivity index (χ1n) is 5.11. The Bertz CT molecular complexity index is 231. The molecule has 1 saturated heterocycles. The minimum atomic E-state index is -0.861. The van der Waals surface area contributed by atoms with Crippen LogP contribution in [0.25, 0.3) is 0 Å². The number of hydrogen-bond acceptors (Lipinski definition) is 5. The minimum absolute atomic E-state index is 0.0198. The lowest BCUT2D eigenvalue weighted by atomic mass is 9.93. The Hall–Kier alpha value is -0.530. The second-order valence-electron chi connectivity index (χ2n) is 3.21. The average Bonchev–Trinajstić information content (AvgIpc) is 2.32. The van der Waals surface area contributed by atoms with Gasteiger partial charge >= 0.3 is 12.1 Å². The summed E-state index contributed by atoms with van der Waals surface area (Å²) in [5, 5.41) is 0. The normalized spacial score (nSPS) is 17.4. The van der Waals surface area contributed by atoms with Crippen LogP contribution in [0.3, 0.4) is 0 Å². The van der Waals surface area contributed by atoms with Crippen LogP contribution < -0.4 is 0 Å². The van der Waals surface area contributed by atoms with E-state index in [1.807, 2.05) is 13.8 Å². The number of cyclic esters (lactones) is 2. The largest absolute Gasteiger partial charge is 0.508 e. The molecular weight excluding hydrogens is 327 g/mol. The number of carbonyl (C=O) groups excluding carboxylic acids is 2. The second-order valence-corrected chi connectivity index (χ2v) is 4.29. The van der Waals surface area contributed by atoms with E-state index >= 15 is 0 Å². The molecule has 0 aromatic heterocycles. The number of ether oxygens (including phenoxy) is 3.